The number of alkyl carbamates (subject to hydrolysis) is 1. The van der Waals surface area contributed by atoms with E-state index in [-0.39, 0.29) is 105 Å². The van der Waals surface area contributed by atoms with Crippen molar-refractivity contribution in [2.45, 2.75) is 37.8 Å². The van der Waals surface area contributed by atoms with Crippen LogP contribution < -0.4 is 10.6 Å². The number of ether oxygens (including phenoxy) is 6. The molecule has 0 fully saturated rings. The molecule has 248 valence electrons. The highest BCUT2D eigenvalue weighted by Crippen LogP contribution is 2.11. The van der Waals surface area contributed by atoms with Crippen molar-refractivity contribution in [3.63, 3.8) is 0 Å². The van der Waals surface area contributed by atoms with Crippen LogP contribution in [-0.2, 0) is 54.2 Å². The molecule has 44 heavy (non-hydrogen) atoms. The zero-order valence-electron chi connectivity index (χ0n) is 24.5. The molecule has 5 N–H and O–H groups in total. The van der Waals surface area contributed by atoms with Gasteiger partial charge in [-0.2, -0.15) is 0 Å². The summed E-state index contributed by atoms with van der Waals surface area (Å²) in [7, 11) is 0. The van der Waals surface area contributed by atoms with Crippen molar-refractivity contribution in [2.24, 2.45) is 0 Å². The minimum Gasteiger partial charge on any atom is -0.481 e. The number of hydrogen-bond acceptors (Lipinski definition) is 11. The molecule has 0 aliphatic rings. The van der Waals surface area contributed by atoms with Gasteiger partial charge in [0, 0.05) is 13.0 Å². The second-order valence-electron chi connectivity index (χ2n) is 9.38. The van der Waals surface area contributed by atoms with Crippen LogP contribution in [0.1, 0.15) is 31.2 Å². The highest BCUT2D eigenvalue weighted by atomic mass is 16.6. The van der Waals surface area contributed by atoms with Crippen LogP contribution in [0.15, 0.2) is 30.3 Å². The van der Waals surface area contributed by atoms with Gasteiger partial charge in [0.25, 0.3) is 0 Å². The number of rotatable bonds is 27. The molecule has 0 radical (unpaired) electrons. The number of carbonyl (C=O) groups excluding carboxylic acids is 2. The van der Waals surface area contributed by atoms with E-state index in [2.05, 4.69) is 10.6 Å². The molecule has 0 aliphatic carbocycles. The zero-order valence-corrected chi connectivity index (χ0v) is 24.5. The van der Waals surface area contributed by atoms with Crippen LogP contribution in [0.3, 0.4) is 0 Å². The molecular formula is C28H42N2O14. The maximum atomic E-state index is 12.7. The minimum absolute atomic E-state index is 0.0228. The van der Waals surface area contributed by atoms with E-state index in [9.17, 15) is 24.0 Å². The number of carbonyl (C=O) groups is 5. The number of benzene rings is 1. The third-order valence-electron chi connectivity index (χ3n) is 5.49. The molecule has 0 atom stereocenters. The van der Waals surface area contributed by atoms with Crippen molar-refractivity contribution in [2.75, 3.05) is 72.6 Å². The van der Waals surface area contributed by atoms with Crippen molar-refractivity contribution in [3.8, 4) is 0 Å². The lowest BCUT2D eigenvalue weighted by Crippen LogP contribution is -2.59. The second kappa shape index (κ2) is 23.6. The van der Waals surface area contributed by atoms with E-state index >= 15 is 0 Å². The van der Waals surface area contributed by atoms with Crippen LogP contribution in [0, 0.1) is 0 Å². The summed E-state index contributed by atoms with van der Waals surface area (Å²) in [5.41, 5.74) is -0.488. The summed E-state index contributed by atoms with van der Waals surface area (Å²) in [6.45, 7) is -0.241. The molecule has 0 aromatic heterocycles. The molecule has 1 rings (SSSR count). The van der Waals surface area contributed by atoms with Gasteiger partial charge >= 0.3 is 24.0 Å². The maximum absolute atomic E-state index is 12.7. The van der Waals surface area contributed by atoms with Gasteiger partial charge in [0.05, 0.1) is 85.3 Å². The lowest BCUT2D eigenvalue weighted by Gasteiger charge is -2.34. The summed E-state index contributed by atoms with van der Waals surface area (Å²) in [4.78, 5) is 57.0. The van der Waals surface area contributed by atoms with E-state index in [1.165, 1.54) is 0 Å². The molecule has 16 nitrogen and oxygen atoms in total. The molecule has 0 saturated heterocycles. The highest BCUT2D eigenvalue weighted by Gasteiger charge is 2.34. The fourth-order valence-corrected chi connectivity index (χ4v) is 3.36. The first kappa shape index (κ1) is 38.2. The van der Waals surface area contributed by atoms with Gasteiger partial charge in [-0.15, -0.1) is 0 Å². The summed E-state index contributed by atoms with van der Waals surface area (Å²) in [5.74, 6) is -3.76. The van der Waals surface area contributed by atoms with Crippen LogP contribution in [-0.4, -0.2) is 123 Å². The Kier molecular flexibility index (Phi) is 20.5. The third kappa shape index (κ3) is 21.0. The SMILES string of the molecule is O=C(O)CCOCC(COCCC(=O)O)(COCCC(=O)O)NC(=O)CCOCCOCCNC(=O)OCc1ccccc1. The first-order valence-corrected chi connectivity index (χ1v) is 13.9. The Morgan fingerprint density at radius 3 is 1.59 bits per heavy atom. The Hall–Kier alpha value is -3.83. The standard InChI is InChI=1S/C28H42N2O14/c31-23(6-11-39-16-17-40-15-10-29-27(38)44-18-22-4-2-1-3-5-22)30-28(19-41-12-7-24(32)33,20-42-13-8-25(34)35)21-43-14-9-26(36)37/h1-5H,6-21H2,(H,29,38)(H,30,31)(H,32,33)(H,34,35)(H,36,37). The van der Waals surface area contributed by atoms with Gasteiger partial charge in [-0.3, -0.25) is 19.2 Å². The van der Waals surface area contributed by atoms with Crippen molar-refractivity contribution < 1.29 is 67.7 Å². The van der Waals surface area contributed by atoms with E-state index in [1.807, 2.05) is 30.3 Å². The number of hydrogen-bond donors (Lipinski definition) is 5. The van der Waals surface area contributed by atoms with Gasteiger partial charge in [-0.1, -0.05) is 30.3 Å². The van der Waals surface area contributed by atoms with Crippen LogP contribution in [0.5, 0.6) is 0 Å². The van der Waals surface area contributed by atoms with E-state index < -0.39 is 35.4 Å². The molecule has 0 aliphatic heterocycles. The highest BCUT2D eigenvalue weighted by molar-refractivity contribution is 5.77. The first-order valence-electron chi connectivity index (χ1n) is 13.9. The van der Waals surface area contributed by atoms with Crippen molar-refractivity contribution in [3.05, 3.63) is 35.9 Å². The molecular weight excluding hydrogens is 588 g/mol. The molecule has 1 aromatic rings. The molecule has 0 unspecified atom stereocenters. The Morgan fingerprint density at radius 1 is 0.614 bits per heavy atom. The number of nitrogens with one attached hydrogen (secondary N) is 2. The molecule has 0 spiro atoms. The van der Waals surface area contributed by atoms with Crippen LogP contribution in [0.4, 0.5) is 4.79 Å². The lowest BCUT2D eigenvalue weighted by molar-refractivity contribution is -0.140. The van der Waals surface area contributed by atoms with E-state index in [0.29, 0.717) is 0 Å². The number of aliphatic carboxylic acids is 3. The van der Waals surface area contributed by atoms with E-state index in [1.54, 1.807) is 0 Å². The summed E-state index contributed by atoms with van der Waals surface area (Å²) < 4.78 is 32.2. The predicted molar refractivity (Wildman–Crippen MR) is 151 cm³/mol. The lowest BCUT2D eigenvalue weighted by atomic mass is 10.0. The fourth-order valence-electron chi connectivity index (χ4n) is 3.36. The first-order chi connectivity index (χ1) is 21.1. The van der Waals surface area contributed by atoms with E-state index in [0.717, 1.165) is 5.56 Å². The summed E-state index contributed by atoms with van der Waals surface area (Å²) in [5, 5.41) is 31.9. The summed E-state index contributed by atoms with van der Waals surface area (Å²) >= 11 is 0. The molecule has 0 saturated carbocycles. The van der Waals surface area contributed by atoms with Crippen molar-refractivity contribution in [1.82, 2.24) is 10.6 Å². The summed E-state index contributed by atoms with van der Waals surface area (Å²) in [6, 6.07) is 9.24. The topological polar surface area (TPSA) is 225 Å². The third-order valence-corrected chi connectivity index (χ3v) is 5.49. The molecule has 1 aromatic carbocycles. The Labute approximate surface area is 254 Å². The minimum atomic E-state index is -1.36. The smallest absolute Gasteiger partial charge is 0.407 e. The Bertz CT molecular complexity index is 937. The zero-order chi connectivity index (χ0) is 32.5. The monoisotopic (exact) mass is 630 g/mol. The predicted octanol–water partition coefficient (Wildman–Crippen LogP) is 0.665. The molecule has 16 heteroatoms. The van der Waals surface area contributed by atoms with Gasteiger partial charge < -0.3 is 54.4 Å². The van der Waals surface area contributed by atoms with Crippen molar-refractivity contribution in [1.29, 1.82) is 0 Å². The van der Waals surface area contributed by atoms with E-state index in [4.69, 9.17) is 43.7 Å². The van der Waals surface area contributed by atoms with Crippen molar-refractivity contribution >= 4 is 29.9 Å². The maximum Gasteiger partial charge on any atom is 0.407 e. The Balaban J connectivity index is 2.43. The largest absolute Gasteiger partial charge is 0.481 e. The van der Waals surface area contributed by atoms with Gasteiger partial charge in [-0.25, -0.2) is 4.79 Å². The van der Waals surface area contributed by atoms with Crippen LogP contribution >= 0.6 is 0 Å². The number of amides is 2. The van der Waals surface area contributed by atoms with Crippen LogP contribution in [0.25, 0.3) is 0 Å². The fraction of sp³-hybridized carbons (Fsp3) is 0.607. The molecule has 2 amide bonds. The normalized spacial score (nSPS) is 11.1. The number of carboxylic acids is 3. The number of carboxylic acid groups (broad SMARTS) is 3. The van der Waals surface area contributed by atoms with Gasteiger partial charge in [0.15, 0.2) is 0 Å². The van der Waals surface area contributed by atoms with Gasteiger partial charge in [0.2, 0.25) is 5.91 Å². The molecule has 0 heterocycles. The Morgan fingerprint density at radius 2 is 1.09 bits per heavy atom. The quantitative estimate of drug-likeness (QED) is 0.0842. The second-order valence-corrected chi connectivity index (χ2v) is 9.38. The summed E-state index contributed by atoms with van der Waals surface area (Å²) in [6.07, 6.45) is -1.55. The molecule has 0 bridgehead atoms. The van der Waals surface area contributed by atoms with Gasteiger partial charge in [-0.05, 0) is 5.56 Å². The average molecular weight is 631 g/mol. The van der Waals surface area contributed by atoms with Crippen LogP contribution in [0.2, 0.25) is 0 Å². The average Bonchev–Trinajstić information content (AvgIpc) is 2.98. The van der Waals surface area contributed by atoms with Gasteiger partial charge in [0.1, 0.15) is 12.1 Å².